The largest absolute Gasteiger partial charge is 0.494 e. The third kappa shape index (κ3) is 9.55. The number of ether oxygens (including phenoxy) is 4. The molecule has 3 aromatic carbocycles. The first-order chi connectivity index (χ1) is 18.5. The molecule has 0 unspecified atom stereocenters. The molecule has 200 valence electrons. The molecule has 0 heterocycles. The predicted molar refractivity (Wildman–Crippen MR) is 149 cm³/mol. The van der Waals surface area contributed by atoms with Crippen LogP contribution in [0.5, 0.6) is 23.0 Å². The number of rotatable bonds is 14. The van der Waals surface area contributed by atoms with E-state index >= 15 is 0 Å². The van der Waals surface area contributed by atoms with Gasteiger partial charge in [0.05, 0.1) is 25.0 Å². The van der Waals surface area contributed by atoms with Crippen LogP contribution in [-0.2, 0) is 4.79 Å². The minimum Gasteiger partial charge on any atom is -0.494 e. The topological polar surface area (TPSA) is 95.5 Å². The van der Waals surface area contributed by atoms with E-state index in [1.807, 2.05) is 6.92 Å². The molecule has 38 heavy (non-hydrogen) atoms. The number of hydrazone groups is 1. The number of benzene rings is 3. The first kappa shape index (κ1) is 28.7. The average molecular weight is 583 g/mol. The van der Waals surface area contributed by atoms with E-state index in [4.69, 9.17) is 18.9 Å². The van der Waals surface area contributed by atoms with Crippen molar-refractivity contribution in [3.8, 4) is 23.0 Å². The molecule has 0 aliphatic rings. The second kappa shape index (κ2) is 15.4. The van der Waals surface area contributed by atoms with Crippen LogP contribution in [0.4, 0.5) is 0 Å². The van der Waals surface area contributed by atoms with Crippen LogP contribution < -0.4 is 24.4 Å². The van der Waals surface area contributed by atoms with Gasteiger partial charge < -0.3 is 18.9 Å². The normalized spacial score (nSPS) is 10.7. The lowest BCUT2D eigenvalue weighted by Crippen LogP contribution is -2.24. The van der Waals surface area contributed by atoms with Gasteiger partial charge in [0.25, 0.3) is 5.91 Å². The zero-order valence-electron chi connectivity index (χ0n) is 21.4. The van der Waals surface area contributed by atoms with Gasteiger partial charge in [0, 0.05) is 10.0 Å². The summed E-state index contributed by atoms with van der Waals surface area (Å²) in [6, 6.07) is 18.9. The molecule has 0 spiro atoms. The molecule has 0 aliphatic heterocycles. The van der Waals surface area contributed by atoms with Crippen molar-refractivity contribution in [3.63, 3.8) is 0 Å². The van der Waals surface area contributed by atoms with Crippen LogP contribution in [0.1, 0.15) is 49.0 Å². The molecule has 0 aliphatic carbocycles. The summed E-state index contributed by atoms with van der Waals surface area (Å²) in [5, 5.41) is 3.98. The van der Waals surface area contributed by atoms with E-state index in [0.29, 0.717) is 41.6 Å². The summed E-state index contributed by atoms with van der Waals surface area (Å²) in [7, 11) is 0. The fourth-order valence-corrected chi connectivity index (χ4v) is 3.48. The number of hydrogen-bond acceptors (Lipinski definition) is 7. The Kier molecular flexibility index (Phi) is 11.6. The van der Waals surface area contributed by atoms with Crippen LogP contribution in [0.15, 0.2) is 76.3 Å². The number of hydrogen-bond donors (Lipinski definition) is 1. The Morgan fingerprint density at radius 1 is 0.842 bits per heavy atom. The molecule has 0 saturated heterocycles. The van der Waals surface area contributed by atoms with Crippen molar-refractivity contribution in [3.05, 3.63) is 82.3 Å². The Balaban J connectivity index is 1.52. The Morgan fingerprint density at radius 3 is 2.13 bits per heavy atom. The predicted octanol–water partition coefficient (Wildman–Crippen LogP) is 6.17. The standard InChI is InChI=1S/C29H31BrN2O6/c1-3-5-17-36-25-11-13-26(14-12-25)37-20-28(33)32-31-19-22-18-23(30)8-15-27(22)38-29(34)21-6-9-24(10-7-21)35-16-4-2/h6-15,18-19H,3-5,16-17,20H2,1-2H3,(H,32,33)/b31-19+. The van der Waals surface area contributed by atoms with Gasteiger partial charge in [-0.25, -0.2) is 10.2 Å². The quantitative estimate of drug-likeness (QED) is 0.0803. The summed E-state index contributed by atoms with van der Waals surface area (Å²) in [4.78, 5) is 24.8. The zero-order chi connectivity index (χ0) is 27.2. The second-order valence-corrected chi connectivity index (χ2v) is 9.12. The minimum atomic E-state index is -0.525. The molecule has 0 fully saturated rings. The molecule has 0 bridgehead atoms. The monoisotopic (exact) mass is 582 g/mol. The summed E-state index contributed by atoms with van der Waals surface area (Å²) in [5.74, 6) is 1.31. The van der Waals surface area contributed by atoms with Crippen LogP contribution in [-0.4, -0.2) is 37.9 Å². The number of amides is 1. The van der Waals surface area contributed by atoms with Gasteiger partial charge in [-0.05, 0) is 79.6 Å². The average Bonchev–Trinajstić information content (AvgIpc) is 2.93. The second-order valence-electron chi connectivity index (χ2n) is 8.20. The van der Waals surface area contributed by atoms with E-state index in [0.717, 1.165) is 29.5 Å². The lowest BCUT2D eigenvalue weighted by molar-refractivity contribution is -0.123. The van der Waals surface area contributed by atoms with Crippen LogP contribution >= 0.6 is 15.9 Å². The van der Waals surface area contributed by atoms with Crippen molar-refractivity contribution in [2.75, 3.05) is 19.8 Å². The Bertz CT molecular complexity index is 1210. The van der Waals surface area contributed by atoms with Gasteiger partial charge in [0.1, 0.15) is 23.0 Å². The van der Waals surface area contributed by atoms with Crippen molar-refractivity contribution < 1.29 is 28.5 Å². The highest BCUT2D eigenvalue weighted by molar-refractivity contribution is 9.10. The molecule has 0 saturated carbocycles. The van der Waals surface area contributed by atoms with Crippen molar-refractivity contribution in [2.45, 2.75) is 33.1 Å². The molecule has 0 atom stereocenters. The van der Waals surface area contributed by atoms with E-state index in [1.54, 1.807) is 66.7 Å². The lowest BCUT2D eigenvalue weighted by Gasteiger charge is -2.09. The molecule has 0 radical (unpaired) electrons. The van der Waals surface area contributed by atoms with Crippen LogP contribution in [0.3, 0.4) is 0 Å². The van der Waals surface area contributed by atoms with Crippen LogP contribution in [0.2, 0.25) is 0 Å². The van der Waals surface area contributed by atoms with Gasteiger partial charge in [-0.1, -0.05) is 36.2 Å². The molecular formula is C29H31BrN2O6. The number of carbonyl (C=O) groups excluding carboxylic acids is 2. The fraction of sp³-hybridized carbons (Fsp3) is 0.276. The highest BCUT2D eigenvalue weighted by atomic mass is 79.9. The lowest BCUT2D eigenvalue weighted by atomic mass is 10.2. The van der Waals surface area contributed by atoms with E-state index in [-0.39, 0.29) is 6.61 Å². The van der Waals surface area contributed by atoms with Gasteiger partial charge in [0.2, 0.25) is 0 Å². The number of unbranched alkanes of at least 4 members (excludes halogenated alkanes) is 1. The molecular weight excluding hydrogens is 552 g/mol. The number of nitrogens with zero attached hydrogens (tertiary/aromatic N) is 1. The molecule has 3 aromatic rings. The van der Waals surface area contributed by atoms with E-state index in [9.17, 15) is 9.59 Å². The highest BCUT2D eigenvalue weighted by Crippen LogP contribution is 2.23. The smallest absolute Gasteiger partial charge is 0.343 e. The highest BCUT2D eigenvalue weighted by Gasteiger charge is 2.12. The summed E-state index contributed by atoms with van der Waals surface area (Å²) in [5.41, 5.74) is 3.29. The van der Waals surface area contributed by atoms with Gasteiger partial charge in [-0.15, -0.1) is 0 Å². The summed E-state index contributed by atoms with van der Waals surface area (Å²) in [6.07, 6.45) is 4.35. The van der Waals surface area contributed by atoms with Crippen molar-refractivity contribution in [2.24, 2.45) is 5.10 Å². The fourth-order valence-electron chi connectivity index (χ4n) is 3.10. The summed E-state index contributed by atoms with van der Waals surface area (Å²) in [6.45, 7) is 5.18. The number of halogens is 1. The minimum absolute atomic E-state index is 0.217. The number of esters is 1. The van der Waals surface area contributed by atoms with E-state index in [1.165, 1.54) is 6.21 Å². The van der Waals surface area contributed by atoms with Crippen molar-refractivity contribution >= 4 is 34.0 Å². The number of carbonyl (C=O) groups is 2. The van der Waals surface area contributed by atoms with Gasteiger partial charge in [-0.3, -0.25) is 4.79 Å². The van der Waals surface area contributed by atoms with Crippen LogP contribution in [0.25, 0.3) is 0 Å². The third-order valence-electron chi connectivity index (χ3n) is 5.09. The Morgan fingerprint density at radius 2 is 1.47 bits per heavy atom. The number of nitrogens with one attached hydrogen (secondary N) is 1. The molecule has 3 rings (SSSR count). The first-order valence-corrected chi connectivity index (χ1v) is 13.2. The maximum atomic E-state index is 12.7. The molecule has 9 heteroatoms. The first-order valence-electron chi connectivity index (χ1n) is 12.4. The molecule has 1 N–H and O–H groups in total. The van der Waals surface area contributed by atoms with Crippen LogP contribution in [0, 0.1) is 0 Å². The molecule has 8 nitrogen and oxygen atoms in total. The summed E-state index contributed by atoms with van der Waals surface area (Å²) < 4.78 is 23.0. The summed E-state index contributed by atoms with van der Waals surface area (Å²) >= 11 is 3.40. The van der Waals surface area contributed by atoms with Gasteiger partial charge >= 0.3 is 5.97 Å². The Hall–Kier alpha value is -3.85. The molecule has 0 aromatic heterocycles. The van der Waals surface area contributed by atoms with E-state index in [2.05, 4.69) is 33.4 Å². The van der Waals surface area contributed by atoms with Crippen molar-refractivity contribution in [1.82, 2.24) is 5.43 Å². The van der Waals surface area contributed by atoms with Crippen molar-refractivity contribution in [1.29, 1.82) is 0 Å². The van der Waals surface area contributed by atoms with Gasteiger partial charge in [0.15, 0.2) is 6.61 Å². The maximum Gasteiger partial charge on any atom is 0.343 e. The Labute approximate surface area is 231 Å². The van der Waals surface area contributed by atoms with E-state index < -0.39 is 11.9 Å². The maximum absolute atomic E-state index is 12.7. The third-order valence-corrected chi connectivity index (χ3v) is 5.58. The van der Waals surface area contributed by atoms with Gasteiger partial charge in [-0.2, -0.15) is 5.10 Å². The SMILES string of the molecule is CCCCOc1ccc(OCC(=O)N/N=C/c2cc(Br)ccc2OC(=O)c2ccc(OCCC)cc2)cc1. The zero-order valence-corrected chi connectivity index (χ0v) is 23.0. The molecule has 1 amide bonds.